The lowest BCUT2D eigenvalue weighted by Gasteiger charge is -2.03. The molecule has 3 nitrogen and oxygen atoms in total. The number of hydrogen-bond acceptors (Lipinski definition) is 2. The molecule has 6 heteroatoms. The Hall–Kier alpha value is -1.04. The molecular weight excluding hydrogens is 272 g/mol. The topological polar surface area (TPSA) is 50.2 Å². The third kappa shape index (κ3) is 3.91. The van der Waals surface area contributed by atoms with Crippen LogP contribution in [0.5, 0.6) is 0 Å². The van der Waals surface area contributed by atoms with Crippen molar-refractivity contribution in [1.82, 2.24) is 4.98 Å². The Kier molecular flexibility index (Phi) is 6.00. The zero-order valence-electron chi connectivity index (χ0n) is 8.17. The van der Waals surface area contributed by atoms with Gasteiger partial charge >= 0.3 is 5.97 Å². The van der Waals surface area contributed by atoms with Crippen LogP contribution in [-0.4, -0.2) is 16.1 Å². The molecule has 1 aromatic heterocycles. The Bertz CT molecular complexity index is 345. The van der Waals surface area contributed by atoms with Crippen molar-refractivity contribution < 1.29 is 18.7 Å². The predicted molar refractivity (Wildman–Crippen MR) is 55.2 cm³/mol. The van der Waals surface area contributed by atoms with E-state index in [1.807, 2.05) is 13.8 Å². The van der Waals surface area contributed by atoms with Crippen LogP contribution in [0, 0.1) is 0 Å². The minimum Gasteiger partial charge on any atom is -0.476 e. The second-order valence-electron chi connectivity index (χ2n) is 2.20. The minimum absolute atomic E-state index is 0.327. The molecule has 0 saturated carbocycles. The molecule has 0 aliphatic heterocycles. The van der Waals surface area contributed by atoms with Crippen LogP contribution in [0.15, 0.2) is 16.7 Å². The van der Waals surface area contributed by atoms with Crippen molar-refractivity contribution in [1.29, 1.82) is 0 Å². The highest BCUT2D eigenvalue weighted by Gasteiger charge is 2.19. The average molecular weight is 282 g/mol. The fourth-order valence-electron chi connectivity index (χ4n) is 0.800. The van der Waals surface area contributed by atoms with Gasteiger partial charge in [-0.05, 0) is 22.0 Å². The number of aromatic carboxylic acids is 1. The van der Waals surface area contributed by atoms with Gasteiger partial charge in [-0.3, -0.25) is 0 Å². The molecule has 15 heavy (non-hydrogen) atoms. The first-order chi connectivity index (χ1) is 7.02. The lowest BCUT2D eigenvalue weighted by Crippen LogP contribution is -2.05. The van der Waals surface area contributed by atoms with Crippen molar-refractivity contribution in [2.45, 2.75) is 20.3 Å². The van der Waals surface area contributed by atoms with Gasteiger partial charge in [0.15, 0.2) is 5.69 Å². The van der Waals surface area contributed by atoms with Gasteiger partial charge < -0.3 is 5.11 Å². The first-order valence-electron chi connectivity index (χ1n) is 4.19. The van der Waals surface area contributed by atoms with E-state index < -0.39 is 23.7 Å². The Labute approximate surface area is 94.3 Å². The molecule has 0 aliphatic carbocycles. The zero-order valence-corrected chi connectivity index (χ0v) is 9.75. The quantitative estimate of drug-likeness (QED) is 0.903. The number of pyridine rings is 1. The summed E-state index contributed by atoms with van der Waals surface area (Å²) in [5, 5.41) is 8.49. The number of rotatable bonds is 2. The highest BCUT2D eigenvalue weighted by Crippen LogP contribution is 2.24. The van der Waals surface area contributed by atoms with E-state index in [0.717, 1.165) is 12.3 Å². The molecule has 1 rings (SSSR count). The van der Waals surface area contributed by atoms with Gasteiger partial charge in [-0.25, -0.2) is 18.6 Å². The number of alkyl halides is 2. The summed E-state index contributed by atoms with van der Waals surface area (Å²) in [6.45, 7) is 4.00. The highest BCUT2D eigenvalue weighted by molar-refractivity contribution is 9.10. The van der Waals surface area contributed by atoms with Crippen LogP contribution in [0.4, 0.5) is 8.78 Å². The normalized spacial score (nSPS) is 9.47. The van der Waals surface area contributed by atoms with Gasteiger partial charge in [0.1, 0.15) is 0 Å². The monoisotopic (exact) mass is 281 g/mol. The van der Waals surface area contributed by atoms with Gasteiger partial charge in [0.05, 0.1) is 5.56 Å². The van der Waals surface area contributed by atoms with Crippen molar-refractivity contribution in [2.24, 2.45) is 0 Å². The van der Waals surface area contributed by atoms with Crippen LogP contribution in [0.3, 0.4) is 0 Å². The standard InChI is InChI=1S/C7H4BrF2NO2.C2H6/c8-3-1-4(6(9)10)5(7(12)13)11-2-3;1-2/h1-2,6H,(H,12,13);1-2H3. The van der Waals surface area contributed by atoms with Crippen LogP contribution in [-0.2, 0) is 0 Å². The summed E-state index contributed by atoms with van der Waals surface area (Å²) in [5.74, 6) is -1.46. The van der Waals surface area contributed by atoms with Gasteiger partial charge in [0.2, 0.25) is 0 Å². The lowest BCUT2D eigenvalue weighted by molar-refractivity contribution is 0.0677. The van der Waals surface area contributed by atoms with E-state index in [2.05, 4.69) is 20.9 Å². The molecule has 0 saturated heterocycles. The maximum Gasteiger partial charge on any atom is 0.354 e. The summed E-state index contributed by atoms with van der Waals surface area (Å²) in [7, 11) is 0. The summed E-state index contributed by atoms with van der Waals surface area (Å²) in [5.41, 5.74) is -1.19. The molecule has 0 radical (unpaired) electrons. The first-order valence-corrected chi connectivity index (χ1v) is 4.98. The van der Waals surface area contributed by atoms with Gasteiger partial charge in [0.25, 0.3) is 6.43 Å². The Morgan fingerprint density at radius 2 is 2.07 bits per heavy atom. The van der Waals surface area contributed by atoms with Crippen LogP contribution in [0.2, 0.25) is 0 Å². The fraction of sp³-hybridized carbons (Fsp3) is 0.333. The molecule has 0 bridgehead atoms. The molecule has 1 N–H and O–H groups in total. The van der Waals surface area contributed by atoms with E-state index in [1.54, 1.807) is 0 Å². The van der Waals surface area contributed by atoms with Crippen LogP contribution < -0.4 is 0 Å². The second kappa shape index (κ2) is 6.44. The summed E-state index contributed by atoms with van der Waals surface area (Å²) in [6.07, 6.45) is -1.67. The molecule has 0 aromatic carbocycles. The van der Waals surface area contributed by atoms with E-state index >= 15 is 0 Å². The maximum atomic E-state index is 12.2. The number of carbonyl (C=O) groups is 1. The molecule has 84 valence electrons. The zero-order chi connectivity index (χ0) is 12.0. The average Bonchev–Trinajstić information content (AvgIpc) is 2.20. The van der Waals surface area contributed by atoms with Crippen LogP contribution >= 0.6 is 15.9 Å². The Balaban J connectivity index is 0.000000921. The molecule has 0 unspecified atom stereocenters. The number of aromatic nitrogens is 1. The number of carboxylic acid groups (broad SMARTS) is 1. The van der Waals surface area contributed by atoms with Gasteiger partial charge in [0, 0.05) is 10.7 Å². The number of nitrogens with zero attached hydrogens (tertiary/aromatic N) is 1. The SMILES string of the molecule is CC.O=C(O)c1ncc(Br)cc1C(F)F. The third-order valence-electron chi connectivity index (χ3n) is 1.32. The summed E-state index contributed by atoms with van der Waals surface area (Å²) in [4.78, 5) is 13.8. The molecule has 0 atom stereocenters. The maximum absolute atomic E-state index is 12.2. The van der Waals surface area contributed by atoms with E-state index in [9.17, 15) is 13.6 Å². The molecule has 0 amide bonds. The van der Waals surface area contributed by atoms with Crippen molar-refractivity contribution in [3.63, 3.8) is 0 Å². The Morgan fingerprint density at radius 1 is 1.53 bits per heavy atom. The van der Waals surface area contributed by atoms with Crippen molar-refractivity contribution in [3.05, 3.63) is 28.0 Å². The molecule has 0 aliphatic rings. The largest absolute Gasteiger partial charge is 0.476 e. The van der Waals surface area contributed by atoms with Crippen LogP contribution in [0.25, 0.3) is 0 Å². The second-order valence-corrected chi connectivity index (χ2v) is 3.11. The first kappa shape index (κ1) is 14.0. The summed E-state index contributed by atoms with van der Waals surface area (Å²) >= 11 is 2.92. The summed E-state index contributed by atoms with van der Waals surface area (Å²) in [6, 6.07) is 1.04. The lowest BCUT2D eigenvalue weighted by atomic mass is 10.2. The van der Waals surface area contributed by atoms with Gasteiger partial charge in [-0.1, -0.05) is 13.8 Å². The molecular formula is C9H10BrF2NO2. The van der Waals surface area contributed by atoms with Gasteiger partial charge in [-0.15, -0.1) is 0 Å². The number of halogens is 3. The van der Waals surface area contributed by atoms with Gasteiger partial charge in [-0.2, -0.15) is 0 Å². The minimum atomic E-state index is -2.84. The van der Waals surface area contributed by atoms with Crippen molar-refractivity contribution in [2.75, 3.05) is 0 Å². The molecule has 1 aromatic rings. The number of carboxylic acids is 1. The van der Waals surface area contributed by atoms with E-state index in [1.165, 1.54) is 0 Å². The third-order valence-corrected chi connectivity index (χ3v) is 1.76. The van der Waals surface area contributed by atoms with E-state index in [0.29, 0.717) is 4.47 Å². The van der Waals surface area contributed by atoms with Crippen molar-refractivity contribution in [3.8, 4) is 0 Å². The van der Waals surface area contributed by atoms with E-state index in [4.69, 9.17) is 5.11 Å². The highest BCUT2D eigenvalue weighted by atomic mass is 79.9. The van der Waals surface area contributed by atoms with Crippen LogP contribution in [0.1, 0.15) is 36.3 Å². The molecule has 0 fully saturated rings. The molecule has 1 heterocycles. The Morgan fingerprint density at radius 3 is 2.47 bits per heavy atom. The number of hydrogen-bond donors (Lipinski definition) is 1. The smallest absolute Gasteiger partial charge is 0.354 e. The molecule has 0 spiro atoms. The fourth-order valence-corrected chi connectivity index (χ4v) is 1.15. The van der Waals surface area contributed by atoms with E-state index in [-0.39, 0.29) is 0 Å². The van der Waals surface area contributed by atoms with Crippen molar-refractivity contribution >= 4 is 21.9 Å². The predicted octanol–water partition coefficient (Wildman–Crippen LogP) is 3.51. The summed E-state index contributed by atoms with van der Waals surface area (Å²) < 4.78 is 24.8.